The maximum Gasteiger partial charge on any atom is 0.173 e. The molecule has 0 radical (unpaired) electrons. The van der Waals surface area contributed by atoms with Crippen molar-refractivity contribution in [3.8, 4) is 5.75 Å². The number of halogens is 1. The molecule has 72 valence electrons. The van der Waals surface area contributed by atoms with Crippen LogP contribution < -0.4 is 0 Å². The quantitative estimate of drug-likeness (QED) is 0.756. The number of Topliss-reactive ketones (excluding diaryl/α,β-unsaturated/α-hetero) is 1. The molecule has 0 fully saturated rings. The first-order valence-corrected chi connectivity index (χ1v) is 5.21. The van der Waals surface area contributed by atoms with Crippen LogP contribution in [0.2, 0.25) is 5.02 Å². The minimum Gasteiger partial charge on any atom is -0.506 e. The number of rotatable bonds is 1. The van der Waals surface area contributed by atoms with Gasteiger partial charge in [0.05, 0.1) is 9.72 Å². The van der Waals surface area contributed by atoms with Crippen molar-refractivity contribution in [1.82, 2.24) is 0 Å². The van der Waals surface area contributed by atoms with E-state index in [0.717, 1.165) is 4.70 Å². The van der Waals surface area contributed by atoms with E-state index in [4.69, 9.17) is 11.6 Å². The highest BCUT2D eigenvalue weighted by atomic mass is 35.5. The van der Waals surface area contributed by atoms with Crippen LogP contribution in [0.3, 0.4) is 0 Å². The molecule has 0 bridgehead atoms. The van der Waals surface area contributed by atoms with Crippen molar-refractivity contribution in [2.24, 2.45) is 0 Å². The van der Waals surface area contributed by atoms with E-state index in [1.165, 1.54) is 18.3 Å². The van der Waals surface area contributed by atoms with E-state index in [-0.39, 0.29) is 11.5 Å². The van der Waals surface area contributed by atoms with E-state index in [0.29, 0.717) is 15.3 Å². The third-order valence-corrected chi connectivity index (χ3v) is 3.72. The van der Waals surface area contributed by atoms with Crippen LogP contribution in [0.15, 0.2) is 18.2 Å². The average molecular weight is 227 g/mol. The van der Waals surface area contributed by atoms with Gasteiger partial charge in [0.25, 0.3) is 0 Å². The van der Waals surface area contributed by atoms with Crippen LogP contribution in [0.4, 0.5) is 0 Å². The summed E-state index contributed by atoms with van der Waals surface area (Å²) < 4.78 is 0.761. The third kappa shape index (κ3) is 1.29. The van der Waals surface area contributed by atoms with Gasteiger partial charge < -0.3 is 5.11 Å². The molecule has 0 aliphatic carbocycles. The molecule has 2 rings (SSSR count). The van der Waals surface area contributed by atoms with Crippen LogP contribution in [-0.2, 0) is 0 Å². The van der Waals surface area contributed by atoms with E-state index in [2.05, 4.69) is 0 Å². The Morgan fingerprint density at radius 1 is 1.50 bits per heavy atom. The fraction of sp³-hybridized carbons (Fsp3) is 0.100. The normalized spacial score (nSPS) is 10.7. The number of hydrogen-bond acceptors (Lipinski definition) is 3. The van der Waals surface area contributed by atoms with Crippen molar-refractivity contribution in [2.45, 2.75) is 6.92 Å². The summed E-state index contributed by atoms with van der Waals surface area (Å²) in [6, 6.07) is 5.24. The van der Waals surface area contributed by atoms with Crippen molar-refractivity contribution in [1.29, 1.82) is 0 Å². The van der Waals surface area contributed by atoms with Crippen molar-refractivity contribution in [3.63, 3.8) is 0 Å². The number of thiophene rings is 1. The maximum atomic E-state index is 11.2. The minimum absolute atomic E-state index is 0.0417. The van der Waals surface area contributed by atoms with Gasteiger partial charge in [-0.3, -0.25) is 4.79 Å². The zero-order chi connectivity index (χ0) is 10.3. The van der Waals surface area contributed by atoms with Crippen LogP contribution in [0.5, 0.6) is 5.75 Å². The molecule has 1 N–H and O–H groups in total. The van der Waals surface area contributed by atoms with Crippen LogP contribution in [0.1, 0.15) is 16.6 Å². The number of carbonyl (C=O) groups is 1. The molecular weight excluding hydrogens is 220 g/mol. The van der Waals surface area contributed by atoms with E-state index in [1.807, 2.05) is 0 Å². The second-order valence-electron chi connectivity index (χ2n) is 2.95. The monoisotopic (exact) mass is 226 g/mol. The number of carbonyl (C=O) groups excluding carboxylic acids is 1. The van der Waals surface area contributed by atoms with Gasteiger partial charge in [0, 0.05) is 12.3 Å². The molecule has 0 aliphatic rings. The molecule has 2 nitrogen and oxygen atoms in total. The Bertz CT molecular complexity index is 516. The number of hydrogen-bond donors (Lipinski definition) is 1. The van der Waals surface area contributed by atoms with E-state index >= 15 is 0 Å². The second-order valence-corrected chi connectivity index (χ2v) is 4.38. The minimum atomic E-state index is -0.139. The molecule has 1 heterocycles. The van der Waals surface area contributed by atoms with Gasteiger partial charge >= 0.3 is 0 Å². The molecule has 0 unspecified atom stereocenters. The van der Waals surface area contributed by atoms with E-state index in [1.54, 1.807) is 18.2 Å². The molecule has 0 amide bonds. The van der Waals surface area contributed by atoms with E-state index in [9.17, 15) is 9.90 Å². The predicted octanol–water partition coefficient (Wildman–Crippen LogP) is 3.46. The zero-order valence-corrected chi connectivity index (χ0v) is 8.95. The Balaban J connectivity index is 2.86. The summed E-state index contributed by atoms with van der Waals surface area (Å²) in [6.45, 7) is 1.43. The van der Waals surface area contributed by atoms with Crippen LogP contribution >= 0.6 is 22.9 Å². The highest BCUT2D eigenvalue weighted by Crippen LogP contribution is 2.40. The van der Waals surface area contributed by atoms with Gasteiger partial charge in [0.15, 0.2) is 5.78 Å². The van der Waals surface area contributed by atoms with E-state index < -0.39 is 0 Å². The molecule has 0 spiro atoms. The second kappa shape index (κ2) is 3.26. The highest BCUT2D eigenvalue weighted by Gasteiger charge is 2.15. The lowest BCUT2D eigenvalue weighted by atomic mass is 10.2. The van der Waals surface area contributed by atoms with Crippen molar-refractivity contribution < 1.29 is 9.90 Å². The summed E-state index contributed by atoms with van der Waals surface area (Å²) in [5.41, 5.74) is 0. The standard InChI is InChI=1S/C10H7ClO2S/c1-5(12)9-8(13)6-3-2-4-7(11)10(6)14-9/h2-4,13H,1H3. The lowest BCUT2D eigenvalue weighted by Crippen LogP contribution is -1.85. The molecular formula is C10H7ClO2S. The number of benzene rings is 1. The predicted molar refractivity (Wildman–Crippen MR) is 58.5 cm³/mol. The molecule has 0 saturated heterocycles. The van der Waals surface area contributed by atoms with Gasteiger partial charge in [-0.2, -0.15) is 0 Å². The summed E-state index contributed by atoms with van der Waals surface area (Å²) in [7, 11) is 0. The molecule has 4 heteroatoms. The zero-order valence-electron chi connectivity index (χ0n) is 7.37. The SMILES string of the molecule is CC(=O)c1sc2c(Cl)cccc2c1O. The Hall–Kier alpha value is -1.06. The number of fused-ring (bicyclic) bond motifs is 1. The van der Waals surface area contributed by atoms with Gasteiger partial charge in [-0.15, -0.1) is 11.3 Å². The highest BCUT2D eigenvalue weighted by molar-refractivity contribution is 7.22. The van der Waals surface area contributed by atoms with Crippen LogP contribution in [0, 0.1) is 0 Å². The Morgan fingerprint density at radius 2 is 2.21 bits per heavy atom. The van der Waals surface area contributed by atoms with Crippen molar-refractivity contribution >= 4 is 38.8 Å². The molecule has 1 aromatic heterocycles. The van der Waals surface area contributed by atoms with Gasteiger partial charge in [-0.25, -0.2) is 0 Å². The first kappa shape index (κ1) is 9.49. The fourth-order valence-corrected chi connectivity index (χ4v) is 2.60. The van der Waals surface area contributed by atoms with Crippen LogP contribution in [0.25, 0.3) is 10.1 Å². The summed E-state index contributed by atoms with van der Waals surface area (Å²) in [5.74, 6) is -0.0974. The summed E-state index contributed by atoms with van der Waals surface area (Å²) in [4.78, 5) is 11.5. The van der Waals surface area contributed by atoms with Gasteiger partial charge in [0.1, 0.15) is 10.6 Å². The molecule has 0 atom stereocenters. The molecule has 0 aliphatic heterocycles. The first-order valence-electron chi connectivity index (χ1n) is 4.02. The van der Waals surface area contributed by atoms with Crippen LogP contribution in [-0.4, -0.2) is 10.9 Å². The number of aromatic hydroxyl groups is 1. The molecule has 2 aromatic rings. The fourth-order valence-electron chi connectivity index (χ4n) is 1.31. The summed E-state index contributed by atoms with van der Waals surface area (Å²) in [6.07, 6.45) is 0. The van der Waals surface area contributed by atoms with Crippen molar-refractivity contribution in [2.75, 3.05) is 0 Å². The average Bonchev–Trinajstić information content (AvgIpc) is 2.46. The molecule has 1 aromatic carbocycles. The smallest absolute Gasteiger partial charge is 0.173 e. The Kier molecular flexibility index (Phi) is 2.21. The topological polar surface area (TPSA) is 37.3 Å². The first-order chi connectivity index (χ1) is 6.61. The van der Waals surface area contributed by atoms with Gasteiger partial charge in [-0.05, 0) is 12.1 Å². The Morgan fingerprint density at radius 3 is 2.79 bits per heavy atom. The largest absolute Gasteiger partial charge is 0.506 e. The number of ketones is 1. The third-order valence-electron chi connectivity index (χ3n) is 1.96. The van der Waals surface area contributed by atoms with Gasteiger partial charge in [0.2, 0.25) is 0 Å². The maximum absolute atomic E-state index is 11.2. The van der Waals surface area contributed by atoms with Gasteiger partial charge in [-0.1, -0.05) is 17.7 Å². The summed E-state index contributed by atoms with van der Waals surface area (Å²) >= 11 is 7.16. The Labute approximate surface area is 89.7 Å². The summed E-state index contributed by atoms with van der Waals surface area (Å²) in [5, 5.41) is 10.9. The van der Waals surface area contributed by atoms with Crippen molar-refractivity contribution in [3.05, 3.63) is 28.1 Å². The molecule has 14 heavy (non-hydrogen) atoms. The molecule has 0 saturated carbocycles. The lowest BCUT2D eigenvalue weighted by molar-refractivity contribution is 0.101. The lowest BCUT2D eigenvalue weighted by Gasteiger charge is -1.92.